The predicted octanol–water partition coefficient (Wildman–Crippen LogP) is 1.40. The smallest absolute Gasteiger partial charge is 0.291 e. The minimum Gasteiger partial charge on any atom is -0.494 e. The summed E-state index contributed by atoms with van der Waals surface area (Å²) < 4.78 is 8.01. The SMILES string of the molecule is CC(C)Cn1c(O)c(C(=O)NC2CC2)c(=O)n2ncc(/C=C/C(=O)N(C)C3CCOCC3)c12. The minimum absolute atomic E-state index is 0.0420. The summed E-state index contributed by atoms with van der Waals surface area (Å²) in [5.41, 5.74) is -0.159. The average Bonchev–Trinajstić information content (AvgIpc) is 3.50. The van der Waals surface area contributed by atoms with Crippen LogP contribution in [0.2, 0.25) is 0 Å². The Morgan fingerprint density at radius 2 is 2.00 bits per heavy atom. The Hall–Kier alpha value is -3.14. The molecule has 1 aliphatic heterocycles. The number of rotatable bonds is 7. The number of aromatic hydroxyl groups is 1. The highest BCUT2D eigenvalue weighted by Crippen LogP contribution is 2.25. The lowest BCUT2D eigenvalue weighted by Crippen LogP contribution is -2.39. The first-order chi connectivity index (χ1) is 15.8. The lowest BCUT2D eigenvalue weighted by Gasteiger charge is -2.30. The number of carbonyl (C=O) groups is 2. The van der Waals surface area contributed by atoms with Crippen LogP contribution in [0.1, 0.15) is 55.5 Å². The van der Waals surface area contributed by atoms with Gasteiger partial charge in [-0.2, -0.15) is 9.61 Å². The molecule has 4 rings (SSSR count). The second-order valence-electron chi connectivity index (χ2n) is 9.22. The van der Waals surface area contributed by atoms with Crippen LogP contribution in [0, 0.1) is 5.92 Å². The number of hydrogen-bond acceptors (Lipinski definition) is 6. The topological polar surface area (TPSA) is 118 Å². The largest absolute Gasteiger partial charge is 0.494 e. The Labute approximate surface area is 191 Å². The van der Waals surface area contributed by atoms with E-state index < -0.39 is 11.5 Å². The molecule has 2 N–H and O–H groups in total. The van der Waals surface area contributed by atoms with Gasteiger partial charge >= 0.3 is 0 Å². The molecule has 2 aliphatic rings. The van der Waals surface area contributed by atoms with Gasteiger partial charge in [0.1, 0.15) is 5.65 Å². The maximum Gasteiger partial charge on any atom is 0.291 e. The van der Waals surface area contributed by atoms with E-state index >= 15 is 0 Å². The van der Waals surface area contributed by atoms with Gasteiger partial charge in [-0.3, -0.25) is 19.0 Å². The molecular formula is C23H31N5O5. The summed E-state index contributed by atoms with van der Waals surface area (Å²) in [6.07, 6.45) is 7.82. The van der Waals surface area contributed by atoms with E-state index in [1.807, 2.05) is 13.8 Å². The molecule has 2 amide bonds. The van der Waals surface area contributed by atoms with Crippen LogP contribution < -0.4 is 10.9 Å². The highest BCUT2D eigenvalue weighted by Gasteiger charge is 2.30. The minimum atomic E-state index is -0.689. The van der Waals surface area contributed by atoms with Crippen LogP contribution in [-0.4, -0.2) is 68.3 Å². The summed E-state index contributed by atoms with van der Waals surface area (Å²) in [6, 6.07) is 0.163. The number of aromatic nitrogens is 3. The Morgan fingerprint density at radius 3 is 2.64 bits per heavy atom. The van der Waals surface area contributed by atoms with Crippen LogP contribution in [0.3, 0.4) is 0 Å². The van der Waals surface area contributed by atoms with Crippen molar-refractivity contribution in [2.24, 2.45) is 5.92 Å². The van der Waals surface area contributed by atoms with Crippen LogP contribution in [0.25, 0.3) is 11.7 Å². The number of hydrogen-bond donors (Lipinski definition) is 2. The van der Waals surface area contributed by atoms with Crippen molar-refractivity contribution in [3.8, 4) is 5.88 Å². The summed E-state index contributed by atoms with van der Waals surface area (Å²) in [5.74, 6) is -1.03. The summed E-state index contributed by atoms with van der Waals surface area (Å²) >= 11 is 0. The number of likely N-dealkylation sites (N-methyl/N-ethyl adjacent to an activating group) is 1. The third kappa shape index (κ3) is 4.80. The first-order valence-corrected chi connectivity index (χ1v) is 11.4. The van der Waals surface area contributed by atoms with E-state index in [2.05, 4.69) is 10.4 Å². The Balaban J connectivity index is 1.70. The molecule has 0 atom stereocenters. The number of ether oxygens (including phenoxy) is 1. The van der Waals surface area contributed by atoms with Gasteiger partial charge in [-0.1, -0.05) is 13.8 Å². The van der Waals surface area contributed by atoms with E-state index in [9.17, 15) is 19.5 Å². The second-order valence-corrected chi connectivity index (χ2v) is 9.22. The number of amides is 2. The lowest BCUT2D eigenvalue weighted by atomic mass is 10.1. The average molecular weight is 458 g/mol. The van der Waals surface area contributed by atoms with E-state index in [1.165, 1.54) is 16.8 Å². The van der Waals surface area contributed by atoms with Crippen molar-refractivity contribution in [2.75, 3.05) is 20.3 Å². The van der Waals surface area contributed by atoms with Gasteiger partial charge in [0, 0.05) is 50.5 Å². The van der Waals surface area contributed by atoms with Crippen LogP contribution in [0.5, 0.6) is 5.88 Å². The fourth-order valence-corrected chi connectivity index (χ4v) is 4.08. The summed E-state index contributed by atoms with van der Waals surface area (Å²) in [6.45, 7) is 5.57. The number of nitrogens with one attached hydrogen (secondary N) is 1. The zero-order valence-corrected chi connectivity index (χ0v) is 19.3. The fraction of sp³-hybridized carbons (Fsp3) is 0.565. The van der Waals surface area contributed by atoms with E-state index in [1.54, 1.807) is 18.0 Å². The van der Waals surface area contributed by atoms with Gasteiger partial charge < -0.3 is 20.1 Å². The standard InChI is InChI=1S/C23H31N5O5/c1-14(2)13-27-21-15(4-7-18(29)26(3)17-8-10-33-11-9-17)12-24-28(21)23(32)19(22(27)31)20(30)25-16-5-6-16/h4,7,12,14,16-17,31H,5-6,8-11,13H2,1-3H3,(H,25,30)/b7-4+. The third-order valence-electron chi connectivity index (χ3n) is 6.09. The Kier molecular flexibility index (Phi) is 6.55. The van der Waals surface area contributed by atoms with Gasteiger partial charge in [-0.15, -0.1) is 0 Å². The summed E-state index contributed by atoms with van der Waals surface area (Å²) in [5, 5.41) is 17.9. The van der Waals surface area contributed by atoms with Crippen molar-refractivity contribution in [3.05, 3.63) is 33.8 Å². The lowest BCUT2D eigenvalue weighted by molar-refractivity contribution is -0.128. The molecule has 1 aliphatic carbocycles. The molecule has 0 spiro atoms. The van der Waals surface area contributed by atoms with E-state index in [4.69, 9.17) is 4.74 Å². The predicted molar refractivity (Wildman–Crippen MR) is 122 cm³/mol. The number of carbonyl (C=O) groups excluding carboxylic acids is 2. The van der Waals surface area contributed by atoms with Crippen LogP contribution in [0.4, 0.5) is 0 Å². The quantitative estimate of drug-likeness (QED) is 0.607. The molecule has 0 radical (unpaired) electrons. The van der Waals surface area contributed by atoms with Gasteiger partial charge in [-0.05, 0) is 37.7 Å². The van der Waals surface area contributed by atoms with Crippen LogP contribution in [0.15, 0.2) is 17.1 Å². The summed E-state index contributed by atoms with van der Waals surface area (Å²) in [7, 11) is 1.77. The molecule has 10 heteroatoms. The van der Waals surface area contributed by atoms with Crippen molar-refractivity contribution in [1.29, 1.82) is 0 Å². The van der Waals surface area contributed by atoms with Gasteiger partial charge in [0.2, 0.25) is 11.8 Å². The van der Waals surface area contributed by atoms with Crippen molar-refractivity contribution in [3.63, 3.8) is 0 Å². The maximum absolute atomic E-state index is 13.1. The van der Waals surface area contributed by atoms with Gasteiger partial charge in [-0.25, -0.2) is 0 Å². The van der Waals surface area contributed by atoms with Crippen molar-refractivity contribution >= 4 is 23.5 Å². The zero-order valence-electron chi connectivity index (χ0n) is 19.3. The molecule has 0 unspecified atom stereocenters. The van der Waals surface area contributed by atoms with E-state index in [-0.39, 0.29) is 35.4 Å². The maximum atomic E-state index is 13.1. The van der Waals surface area contributed by atoms with Gasteiger partial charge in [0.25, 0.3) is 11.5 Å². The van der Waals surface area contributed by atoms with Crippen LogP contribution >= 0.6 is 0 Å². The molecule has 10 nitrogen and oxygen atoms in total. The van der Waals surface area contributed by atoms with Gasteiger partial charge in [0.15, 0.2) is 5.56 Å². The van der Waals surface area contributed by atoms with Crippen molar-refractivity contribution < 1.29 is 19.4 Å². The Morgan fingerprint density at radius 1 is 1.30 bits per heavy atom. The van der Waals surface area contributed by atoms with E-state index in [0.717, 1.165) is 30.2 Å². The monoisotopic (exact) mass is 457 g/mol. The molecule has 0 bridgehead atoms. The van der Waals surface area contributed by atoms with Crippen molar-refractivity contribution in [1.82, 2.24) is 24.4 Å². The first-order valence-electron chi connectivity index (χ1n) is 11.4. The molecular weight excluding hydrogens is 426 g/mol. The molecule has 33 heavy (non-hydrogen) atoms. The normalized spacial score (nSPS) is 17.2. The molecule has 2 aromatic rings. The molecule has 2 aromatic heterocycles. The number of nitrogens with zero attached hydrogens (tertiary/aromatic N) is 4. The highest BCUT2D eigenvalue weighted by atomic mass is 16.5. The van der Waals surface area contributed by atoms with Crippen LogP contribution in [-0.2, 0) is 16.1 Å². The zero-order chi connectivity index (χ0) is 23.7. The fourth-order valence-electron chi connectivity index (χ4n) is 4.08. The summed E-state index contributed by atoms with van der Waals surface area (Å²) in [4.78, 5) is 40.1. The second kappa shape index (κ2) is 9.38. The molecule has 2 fully saturated rings. The van der Waals surface area contributed by atoms with Crippen molar-refractivity contribution in [2.45, 2.75) is 58.2 Å². The molecule has 0 aromatic carbocycles. The first kappa shape index (κ1) is 23.0. The molecule has 1 saturated carbocycles. The van der Waals surface area contributed by atoms with E-state index in [0.29, 0.717) is 31.0 Å². The highest BCUT2D eigenvalue weighted by molar-refractivity contribution is 5.97. The Bertz CT molecular complexity index is 1140. The number of fused-ring (bicyclic) bond motifs is 1. The molecule has 3 heterocycles. The third-order valence-corrected chi connectivity index (χ3v) is 6.09. The molecule has 178 valence electrons. The van der Waals surface area contributed by atoms with Gasteiger partial charge in [0.05, 0.1) is 6.20 Å². The molecule has 1 saturated heterocycles.